The second-order valence-electron chi connectivity index (χ2n) is 6.07. The Balaban J connectivity index is 1.99. The summed E-state index contributed by atoms with van der Waals surface area (Å²) >= 11 is 6.03. The number of halogens is 2. The topological polar surface area (TPSA) is 35.5 Å². The number of piperazine rings is 1. The van der Waals surface area contributed by atoms with E-state index >= 15 is 0 Å². The van der Waals surface area contributed by atoms with Crippen molar-refractivity contribution < 1.29 is 9.50 Å². The maximum atomic E-state index is 14.4. The maximum Gasteiger partial charge on any atom is 0.141 e. The highest BCUT2D eigenvalue weighted by Gasteiger charge is 2.35. The Morgan fingerprint density at radius 2 is 1.90 bits per heavy atom. The van der Waals surface area contributed by atoms with E-state index in [9.17, 15) is 9.50 Å². The molecule has 0 bridgehead atoms. The Hall–Kier alpha value is -0.840. The molecule has 3 nitrogen and oxygen atoms in total. The van der Waals surface area contributed by atoms with Gasteiger partial charge in [0.25, 0.3) is 0 Å². The number of hydrogen-bond donors (Lipinski definition) is 2. The molecule has 0 spiro atoms. The predicted octanol–water partition coefficient (Wildman–Crippen LogP) is 3.32. The van der Waals surface area contributed by atoms with Crippen molar-refractivity contribution in [1.82, 2.24) is 10.2 Å². The molecule has 1 saturated heterocycles. The van der Waals surface area contributed by atoms with Crippen LogP contribution in [0.2, 0.25) is 5.02 Å². The summed E-state index contributed by atoms with van der Waals surface area (Å²) in [7, 11) is 0. The molecule has 1 aliphatic heterocycles. The molecule has 1 atom stereocenters. The summed E-state index contributed by atoms with van der Waals surface area (Å²) in [5, 5.41) is 13.9. The van der Waals surface area contributed by atoms with Crippen LogP contribution in [0.5, 0.6) is 5.75 Å². The highest BCUT2D eigenvalue weighted by atomic mass is 35.5. The summed E-state index contributed by atoms with van der Waals surface area (Å²) < 4.78 is 14.4. The van der Waals surface area contributed by atoms with Crippen LogP contribution in [0.15, 0.2) is 12.1 Å². The predicted molar refractivity (Wildman–Crippen MR) is 82.2 cm³/mol. The van der Waals surface area contributed by atoms with Crippen molar-refractivity contribution in [2.75, 3.05) is 26.2 Å². The molecule has 0 aromatic heterocycles. The molecule has 1 aromatic rings. The van der Waals surface area contributed by atoms with Gasteiger partial charge in [0.05, 0.1) is 5.02 Å². The quantitative estimate of drug-likeness (QED) is 0.898. The van der Waals surface area contributed by atoms with Crippen LogP contribution in [0.4, 0.5) is 4.39 Å². The number of aromatic hydroxyl groups is 1. The molecule has 1 heterocycles. The van der Waals surface area contributed by atoms with Crippen LogP contribution in [0, 0.1) is 11.7 Å². The minimum Gasteiger partial charge on any atom is -0.506 e. The zero-order valence-corrected chi connectivity index (χ0v) is 12.9. The molecule has 1 saturated carbocycles. The molecular formula is C16H22ClFN2O. The monoisotopic (exact) mass is 312 g/mol. The molecule has 116 valence electrons. The van der Waals surface area contributed by atoms with E-state index in [2.05, 4.69) is 10.2 Å². The van der Waals surface area contributed by atoms with Crippen LogP contribution in [0.1, 0.15) is 37.3 Å². The lowest BCUT2D eigenvalue weighted by atomic mass is 9.88. The van der Waals surface area contributed by atoms with Crippen LogP contribution in [-0.2, 0) is 0 Å². The minimum atomic E-state index is -0.340. The van der Waals surface area contributed by atoms with Crippen molar-refractivity contribution in [3.05, 3.63) is 28.5 Å². The lowest BCUT2D eigenvalue weighted by Crippen LogP contribution is -2.47. The van der Waals surface area contributed by atoms with Gasteiger partial charge in [-0.05, 0) is 30.9 Å². The Morgan fingerprint density at radius 1 is 1.24 bits per heavy atom. The lowest BCUT2D eigenvalue weighted by Gasteiger charge is -2.39. The van der Waals surface area contributed by atoms with Crippen molar-refractivity contribution in [3.63, 3.8) is 0 Å². The van der Waals surface area contributed by atoms with Crippen LogP contribution in [-0.4, -0.2) is 36.2 Å². The minimum absolute atomic E-state index is 0.0618. The van der Waals surface area contributed by atoms with E-state index in [1.54, 1.807) is 0 Å². The van der Waals surface area contributed by atoms with E-state index < -0.39 is 0 Å². The number of hydrogen-bond acceptors (Lipinski definition) is 3. The first-order chi connectivity index (χ1) is 10.2. The number of benzene rings is 1. The molecule has 1 aliphatic carbocycles. The fraction of sp³-hybridized carbons (Fsp3) is 0.625. The first-order valence-corrected chi connectivity index (χ1v) is 8.18. The van der Waals surface area contributed by atoms with Gasteiger partial charge in [-0.3, -0.25) is 4.90 Å². The van der Waals surface area contributed by atoms with Gasteiger partial charge in [-0.1, -0.05) is 24.4 Å². The molecule has 0 radical (unpaired) electrons. The van der Waals surface area contributed by atoms with Crippen molar-refractivity contribution in [2.45, 2.75) is 31.7 Å². The summed E-state index contributed by atoms with van der Waals surface area (Å²) in [5.74, 6) is -0.0126. The van der Waals surface area contributed by atoms with Gasteiger partial charge in [-0.2, -0.15) is 0 Å². The summed E-state index contributed by atoms with van der Waals surface area (Å²) in [4.78, 5) is 2.31. The SMILES string of the molecule is Oc1c(Cl)ccc(F)c1[C@@H](C1CCCC1)N1CCNCC1. The summed E-state index contributed by atoms with van der Waals surface area (Å²) in [5.41, 5.74) is 0.399. The fourth-order valence-corrected chi connectivity index (χ4v) is 3.95. The van der Waals surface area contributed by atoms with Gasteiger partial charge < -0.3 is 10.4 Å². The standard InChI is InChI=1S/C16H22ClFN2O/c17-12-5-6-13(18)14(16(12)21)15(11-3-1-2-4-11)20-9-7-19-8-10-20/h5-6,11,15,19,21H,1-4,7-10H2/t15-/m1/s1. The van der Waals surface area contributed by atoms with E-state index in [1.807, 2.05) is 0 Å². The molecule has 3 rings (SSSR count). The Morgan fingerprint density at radius 3 is 2.57 bits per heavy atom. The van der Waals surface area contributed by atoms with Crippen LogP contribution >= 0.6 is 11.6 Å². The van der Waals surface area contributed by atoms with Gasteiger partial charge in [0, 0.05) is 37.8 Å². The van der Waals surface area contributed by atoms with Crippen LogP contribution in [0.25, 0.3) is 0 Å². The van der Waals surface area contributed by atoms with Gasteiger partial charge in [-0.15, -0.1) is 0 Å². The molecule has 0 amide bonds. The number of nitrogens with one attached hydrogen (secondary N) is 1. The van der Waals surface area contributed by atoms with Crippen LogP contribution < -0.4 is 5.32 Å². The number of phenols is 1. The first-order valence-electron chi connectivity index (χ1n) is 7.80. The molecular weight excluding hydrogens is 291 g/mol. The third kappa shape index (κ3) is 3.03. The second-order valence-corrected chi connectivity index (χ2v) is 6.47. The number of rotatable bonds is 3. The van der Waals surface area contributed by atoms with Crippen LogP contribution in [0.3, 0.4) is 0 Å². The average molecular weight is 313 g/mol. The maximum absolute atomic E-state index is 14.4. The molecule has 2 N–H and O–H groups in total. The van der Waals surface area contributed by atoms with Gasteiger partial charge >= 0.3 is 0 Å². The van der Waals surface area contributed by atoms with E-state index in [-0.39, 0.29) is 22.6 Å². The highest BCUT2D eigenvalue weighted by molar-refractivity contribution is 6.32. The van der Waals surface area contributed by atoms with Gasteiger partial charge in [-0.25, -0.2) is 4.39 Å². The molecule has 21 heavy (non-hydrogen) atoms. The van der Waals surface area contributed by atoms with E-state index in [0.717, 1.165) is 39.0 Å². The van der Waals surface area contributed by atoms with Crippen molar-refractivity contribution in [1.29, 1.82) is 0 Å². The highest BCUT2D eigenvalue weighted by Crippen LogP contribution is 2.45. The molecule has 1 aromatic carbocycles. The van der Waals surface area contributed by atoms with Crippen molar-refractivity contribution >= 4 is 11.6 Å². The zero-order chi connectivity index (χ0) is 14.8. The van der Waals surface area contributed by atoms with Gasteiger partial charge in [0.15, 0.2) is 0 Å². The van der Waals surface area contributed by atoms with Gasteiger partial charge in [0.1, 0.15) is 11.6 Å². The normalized spacial score (nSPS) is 22.6. The van der Waals surface area contributed by atoms with E-state index in [4.69, 9.17) is 11.6 Å². The molecule has 0 unspecified atom stereocenters. The Kier molecular flexibility index (Phi) is 4.67. The van der Waals surface area contributed by atoms with Gasteiger partial charge in [0.2, 0.25) is 0 Å². The van der Waals surface area contributed by atoms with E-state index in [1.165, 1.54) is 25.0 Å². The Bertz CT molecular complexity index is 499. The van der Waals surface area contributed by atoms with E-state index in [0.29, 0.717) is 11.5 Å². The largest absolute Gasteiger partial charge is 0.506 e. The molecule has 5 heteroatoms. The third-order valence-corrected chi connectivity index (χ3v) is 5.11. The number of nitrogens with zero attached hydrogens (tertiary/aromatic N) is 1. The summed E-state index contributed by atoms with van der Waals surface area (Å²) in [6, 6.07) is 2.74. The number of phenolic OH excluding ortho intramolecular Hbond substituents is 1. The summed E-state index contributed by atoms with van der Waals surface area (Å²) in [6.45, 7) is 3.58. The molecule has 2 fully saturated rings. The zero-order valence-electron chi connectivity index (χ0n) is 12.1. The smallest absolute Gasteiger partial charge is 0.141 e. The Labute approximate surface area is 130 Å². The third-order valence-electron chi connectivity index (χ3n) is 4.80. The average Bonchev–Trinajstić information content (AvgIpc) is 3.02. The molecule has 2 aliphatic rings. The van der Waals surface area contributed by atoms with Crippen molar-refractivity contribution in [2.24, 2.45) is 5.92 Å². The second kappa shape index (κ2) is 6.51. The summed E-state index contributed by atoms with van der Waals surface area (Å²) in [6.07, 6.45) is 4.58. The fourth-order valence-electron chi connectivity index (χ4n) is 3.79. The lowest BCUT2D eigenvalue weighted by molar-refractivity contribution is 0.120. The first kappa shape index (κ1) is 15.1. The van der Waals surface area contributed by atoms with Crippen molar-refractivity contribution in [3.8, 4) is 5.75 Å².